The molecule has 0 atom stereocenters. The highest BCUT2D eigenvalue weighted by Crippen LogP contribution is 2.41. The van der Waals surface area contributed by atoms with Crippen molar-refractivity contribution in [2.45, 2.75) is 17.7 Å². The van der Waals surface area contributed by atoms with Crippen molar-refractivity contribution in [2.24, 2.45) is 10.7 Å². The number of methoxy groups -OCH3 is 1. The molecule has 0 spiro atoms. The van der Waals surface area contributed by atoms with E-state index < -0.39 is 0 Å². The average molecular weight is 513 g/mol. The second-order valence-corrected chi connectivity index (χ2v) is 9.33. The van der Waals surface area contributed by atoms with Crippen LogP contribution in [-0.2, 0) is 0 Å². The molecule has 0 unspecified atom stereocenters. The van der Waals surface area contributed by atoms with Crippen molar-refractivity contribution in [3.63, 3.8) is 0 Å². The maximum Gasteiger partial charge on any atom is 0.204 e. The van der Waals surface area contributed by atoms with Gasteiger partial charge in [-0.3, -0.25) is 14.6 Å². The quantitative estimate of drug-likeness (QED) is 0.163. The van der Waals surface area contributed by atoms with Crippen LogP contribution in [0.1, 0.15) is 12.8 Å². The lowest BCUT2D eigenvalue weighted by molar-refractivity contribution is 0.238. The SMILES string of the molecule is COc1ccc(Cl)c(-c2cc(N)c(N=C(N)NSc3cccnc3)c(OCCN3CCCC3)c2)c1. The number of anilines is 1. The van der Waals surface area contributed by atoms with E-state index in [2.05, 4.69) is 19.6 Å². The highest BCUT2D eigenvalue weighted by Gasteiger charge is 2.16. The van der Waals surface area contributed by atoms with Gasteiger partial charge >= 0.3 is 0 Å². The lowest BCUT2D eigenvalue weighted by Crippen LogP contribution is -2.26. The van der Waals surface area contributed by atoms with E-state index >= 15 is 0 Å². The van der Waals surface area contributed by atoms with Gasteiger partial charge in [-0.05, 0) is 85.9 Å². The van der Waals surface area contributed by atoms with Gasteiger partial charge in [0.1, 0.15) is 23.8 Å². The number of aliphatic imine (C=N–C) groups is 1. The van der Waals surface area contributed by atoms with Gasteiger partial charge in [0.2, 0.25) is 5.96 Å². The molecule has 0 aliphatic carbocycles. The first-order valence-corrected chi connectivity index (χ1v) is 12.5. The summed E-state index contributed by atoms with van der Waals surface area (Å²) in [4.78, 5) is 11.9. The standard InChI is InChI=1S/C25H29ClN6O2S/c1-33-18-6-7-21(26)20(15-18)17-13-22(27)24(23(14-17)34-12-11-32-9-2-3-10-32)30-25(28)31-35-19-5-4-8-29-16-19/h4-8,13-16H,2-3,9-12,27H2,1H3,(H3,28,30,31). The highest BCUT2D eigenvalue weighted by molar-refractivity contribution is 7.98. The topological polar surface area (TPSA) is 111 Å². The number of pyridine rings is 1. The first kappa shape index (κ1) is 25.0. The van der Waals surface area contributed by atoms with Gasteiger partial charge < -0.3 is 20.9 Å². The number of hydrogen-bond acceptors (Lipinski definition) is 7. The first-order valence-electron chi connectivity index (χ1n) is 11.3. The minimum absolute atomic E-state index is 0.196. The van der Waals surface area contributed by atoms with Crippen LogP contribution < -0.4 is 25.7 Å². The van der Waals surface area contributed by atoms with Gasteiger partial charge in [-0.25, -0.2) is 4.99 Å². The van der Waals surface area contributed by atoms with Crippen LogP contribution in [0.5, 0.6) is 11.5 Å². The number of nitrogen functional groups attached to an aromatic ring is 1. The van der Waals surface area contributed by atoms with Crippen molar-refractivity contribution >= 4 is 40.9 Å². The number of ether oxygens (including phenoxy) is 2. The maximum atomic E-state index is 6.50. The van der Waals surface area contributed by atoms with Crippen LogP contribution in [0, 0.1) is 0 Å². The fourth-order valence-corrected chi connectivity index (χ4v) is 4.57. The summed E-state index contributed by atoms with van der Waals surface area (Å²) in [6, 6.07) is 13.0. The number of benzene rings is 2. The predicted octanol–water partition coefficient (Wildman–Crippen LogP) is 4.71. The number of guanidine groups is 1. The lowest BCUT2D eigenvalue weighted by Gasteiger charge is -2.18. The number of nitrogens with one attached hydrogen (secondary N) is 1. The molecule has 0 amide bonds. The molecular weight excluding hydrogens is 484 g/mol. The molecular formula is C25H29ClN6O2S. The Morgan fingerprint density at radius 3 is 2.80 bits per heavy atom. The van der Waals surface area contributed by atoms with Gasteiger partial charge in [-0.1, -0.05) is 11.6 Å². The number of aromatic nitrogens is 1. The average Bonchev–Trinajstić information content (AvgIpc) is 3.39. The third-order valence-electron chi connectivity index (χ3n) is 5.59. The van der Waals surface area contributed by atoms with E-state index in [1.54, 1.807) is 25.6 Å². The molecule has 1 aliphatic heterocycles. The third-order valence-corrected chi connectivity index (χ3v) is 6.71. The van der Waals surface area contributed by atoms with Crippen LogP contribution in [0.25, 0.3) is 11.1 Å². The Kier molecular flexibility index (Phi) is 8.57. The van der Waals surface area contributed by atoms with E-state index in [1.807, 2.05) is 36.4 Å². The molecule has 184 valence electrons. The number of halogens is 1. The van der Waals surface area contributed by atoms with Gasteiger partial charge in [0.15, 0.2) is 0 Å². The Morgan fingerprint density at radius 1 is 1.23 bits per heavy atom. The summed E-state index contributed by atoms with van der Waals surface area (Å²) in [7, 11) is 1.62. The molecule has 35 heavy (non-hydrogen) atoms. The molecule has 2 aromatic carbocycles. The Labute approximate surface area is 214 Å². The number of likely N-dealkylation sites (tertiary alicyclic amines) is 1. The maximum absolute atomic E-state index is 6.50. The lowest BCUT2D eigenvalue weighted by atomic mass is 10.0. The van der Waals surface area contributed by atoms with Crippen LogP contribution >= 0.6 is 23.5 Å². The fourth-order valence-electron chi connectivity index (χ4n) is 3.82. The summed E-state index contributed by atoms with van der Waals surface area (Å²) < 4.78 is 14.6. The van der Waals surface area contributed by atoms with Crippen LogP contribution in [-0.4, -0.2) is 49.2 Å². The number of hydrogen-bond donors (Lipinski definition) is 3. The number of nitrogens with zero attached hydrogens (tertiary/aromatic N) is 3. The summed E-state index contributed by atoms with van der Waals surface area (Å²) in [6.07, 6.45) is 5.90. The van der Waals surface area contributed by atoms with Crippen molar-refractivity contribution in [1.82, 2.24) is 14.6 Å². The molecule has 1 fully saturated rings. The summed E-state index contributed by atoms with van der Waals surface area (Å²) in [6.45, 7) is 3.53. The zero-order valence-corrected chi connectivity index (χ0v) is 21.1. The predicted molar refractivity (Wildman–Crippen MR) is 144 cm³/mol. The molecule has 0 radical (unpaired) electrons. The largest absolute Gasteiger partial charge is 0.497 e. The molecule has 0 bridgehead atoms. The zero-order valence-electron chi connectivity index (χ0n) is 19.5. The molecule has 1 aromatic heterocycles. The van der Waals surface area contributed by atoms with E-state index in [4.69, 9.17) is 32.5 Å². The van der Waals surface area contributed by atoms with Crippen molar-refractivity contribution in [1.29, 1.82) is 0 Å². The van der Waals surface area contributed by atoms with Crippen LogP contribution in [0.3, 0.4) is 0 Å². The van der Waals surface area contributed by atoms with Gasteiger partial charge in [0, 0.05) is 34.4 Å². The van der Waals surface area contributed by atoms with E-state index in [0.717, 1.165) is 35.7 Å². The third kappa shape index (κ3) is 6.72. The second-order valence-electron chi connectivity index (χ2n) is 8.05. The van der Waals surface area contributed by atoms with Crippen LogP contribution in [0.4, 0.5) is 11.4 Å². The monoisotopic (exact) mass is 512 g/mol. The molecule has 4 rings (SSSR count). The molecule has 2 heterocycles. The van der Waals surface area contributed by atoms with Crippen molar-refractivity contribution in [3.8, 4) is 22.6 Å². The van der Waals surface area contributed by atoms with E-state index in [-0.39, 0.29) is 5.96 Å². The fraction of sp³-hybridized carbons (Fsp3) is 0.280. The molecule has 0 saturated carbocycles. The van der Waals surface area contributed by atoms with Gasteiger partial charge in [-0.2, -0.15) is 0 Å². The molecule has 1 saturated heterocycles. The molecule has 1 aliphatic rings. The first-order chi connectivity index (χ1) is 17.0. The second kappa shape index (κ2) is 12.0. The van der Waals surface area contributed by atoms with Crippen molar-refractivity contribution in [3.05, 3.63) is 59.9 Å². The molecule has 8 nitrogen and oxygen atoms in total. The minimum atomic E-state index is 0.196. The van der Waals surface area contributed by atoms with E-state index in [1.165, 1.54) is 24.8 Å². The van der Waals surface area contributed by atoms with Gasteiger partial charge in [-0.15, -0.1) is 0 Å². The Morgan fingerprint density at radius 2 is 2.06 bits per heavy atom. The smallest absolute Gasteiger partial charge is 0.204 e. The zero-order chi connectivity index (χ0) is 24.6. The Balaban J connectivity index is 1.61. The van der Waals surface area contributed by atoms with Crippen LogP contribution in [0.15, 0.2) is 64.7 Å². The molecule has 3 aromatic rings. The van der Waals surface area contributed by atoms with E-state index in [0.29, 0.717) is 34.5 Å². The molecule has 5 N–H and O–H groups in total. The minimum Gasteiger partial charge on any atom is -0.497 e. The molecule has 10 heteroatoms. The Hall–Kier alpha value is -3.14. The number of nitrogens with two attached hydrogens (primary N) is 2. The summed E-state index contributed by atoms with van der Waals surface area (Å²) in [5.41, 5.74) is 15.1. The summed E-state index contributed by atoms with van der Waals surface area (Å²) in [5.74, 6) is 1.43. The normalized spacial score (nSPS) is 14.2. The van der Waals surface area contributed by atoms with Crippen molar-refractivity contribution < 1.29 is 9.47 Å². The highest BCUT2D eigenvalue weighted by atomic mass is 35.5. The van der Waals surface area contributed by atoms with Crippen molar-refractivity contribution in [2.75, 3.05) is 39.1 Å². The van der Waals surface area contributed by atoms with Crippen LogP contribution in [0.2, 0.25) is 5.02 Å². The summed E-state index contributed by atoms with van der Waals surface area (Å²) in [5, 5.41) is 0.582. The Bertz CT molecular complexity index is 1170. The van der Waals surface area contributed by atoms with Gasteiger partial charge in [0.05, 0.1) is 12.8 Å². The summed E-state index contributed by atoms with van der Waals surface area (Å²) >= 11 is 7.81. The van der Waals surface area contributed by atoms with Gasteiger partial charge in [0.25, 0.3) is 0 Å². The number of rotatable bonds is 9. The van der Waals surface area contributed by atoms with E-state index in [9.17, 15) is 0 Å².